The van der Waals surface area contributed by atoms with Crippen LogP contribution >= 0.6 is 22.9 Å². The molecule has 0 aliphatic heterocycles. The molecule has 0 atom stereocenters. The first-order chi connectivity index (χ1) is 12.4. The molecule has 0 aliphatic carbocycles. The Kier molecular flexibility index (Phi) is 4.08. The Morgan fingerprint density at radius 3 is 2.73 bits per heavy atom. The van der Waals surface area contributed by atoms with Gasteiger partial charge >= 0.3 is 0 Å². The predicted molar refractivity (Wildman–Crippen MR) is 102 cm³/mol. The summed E-state index contributed by atoms with van der Waals surface area (Å²) in [6.07, 6.45) is 0. The van der Waals surface area contributed by atoms with Crippen LogP contribution in [0.5, 0.6) is 0 Å². The molecule has 3 heterocycles. The standard InChI is InChI=1S/C18H15ClF2N4S/c1-8-13-15-16(26-18(13)23-9(2)14(8)19)17(24-25(15)3)22-7-10-4-5-11(20)12(21)6-10/h4-6H,7H2,1-3H3,(H,22,24). The van der Waals surface area contributed by atoms with Crippen molar-refractivity contribution in [2.45, 2.75) is 20.4 Å². The zero-order valence-electron chi connectivity index (χ0n) is 14.3. The summed E-state index contributed by atoms with van der Waals surface area (Å²) in [5.74, 6) is -1.03. The van der Waals surface area contributed by atoms with Gasteiger partial charge in [-0.2, -0.15) is 5.10 Å². The number of rotatable bonds is 3. The molecule has 4 aromatic rings. The van der Waals surface area contributed by atoms with E-state index in [1.807, 2.05) is 20.9 Å². The van der Waals surface area contributed by atoms with Crippen molar-refractivity contribution >= 4 is 49.2 Å². The molecule has 26 heavy (non-hydrogen) atoms. The van der Waals surface area contributed by atoms with Gasteiger partial charge in [-0.3, -0.25) is 4.68 Å². The maximum atomic E-state index is 13.4. The van der Waals surface area contributed by atoms with Crippen LogP contribution in [0.4, 0.5) is 14.6 Å². The van der Waals surface area contributed by atoms with Gasteiger partial charge in [0.05, 0.1) is 20.9 Å². The van der Waals surface area contributed by atoms with E-state index >= 15 is 0 Å². The van der Waals surface area contributed by atoms with Gasteiger partial charge in [0.1, 0.15) is 4.83 Å². The zero-order chi connectivity index (χ0) is 18.6. The number of nitrogens with one attached hydrogen (secondary N) is 1. The Morgan fingerprint density at radius 2 is 2.00 bits per heavy atom. The topological polar surface area (TPSA) is 42.7 Å². The van der Waals surface area contributed by atoms with Gasteiger partial charge in [0.2, 0.25) is 0 Å². The lowest BCUT2D eigenvalue weighted by Gasteiger charge is -2.04. The first kappa shape index (κ1) is 17.2. The van der Waals surface area contributed by atoms with Crippen LogP contribution in [0.15, 0.2) is 18.2 Å². The molecule has 0 fully saturated rings. The number of aryl methyl sites for hydroxylation is 3. The average Bonchev–Trinajstić information content (AvgIpc) is 3.11. The predicted octanol–water partition coefficient (Wildman–Crippen LogP) is 5.34. The summed E-state index contributed by atoms with van der Waals surface area (Å²) in [7, 11) is 1.87. The van der Waals surface area contributed by atoms with E-state index in [1.54, 1.807) is 10.7 Å². The molecule has 1 N–H and O–H groups in total. The lowest BCUT2D eigenvalue weighted by atomic mass is 10.1. The highest BCUT2D eigenvalue weighted by molar-refractivity contribution is 7.26. The summed E-state index contributed by atoms with van der Waals surface area (Å²) in [5.41, 5.74) is 3.38. The molecule has 0 saturated heterocycles. The smallest absolute Gasteiger partial charge is 0.166 e. The van der Waals surface area contributed by atoms with E-state index in [4.69, 9.17) is 11.6 Å². The Morgan fingerprint density at radius 1 is 1.23 bits per heavy atom. The minimum atomic E-state index is -0.859. The number of anilines is 1. The molecular formula is C18H15ClF2N4S. The fourth-order valence-electron chi connectivity index (χ4n) is 3.08. The van der Waals surface area contributed by atoms with E-state index in [0.29, 0.717) is 22.9 Å². The van der Waals surface area contributed by atoms with Crippen molar-refractivity contribution < 1.29 is 8.78 Å². The van der Waals surface area contributed by atoms with E-state index in [9.17, 15) is 8.78 Å². The number of benzene rings is 1. The van der Waals surface area contributed by atoms with Crippen molar-refractivity contribution in [3.63, 3.8) is 0 Å². The first-order valence-electron chi connectivity index (χ1n) is 7.96. The first-order valence-corrected chi connectivity index (χ1v) is 9.16. The average molecular weight is 393 g/mol. The fraction of sp³-hybridized carbons (Fsp3) is 0.222. The number of halogens is 3. The maximum absolute atomic E-state index is 13.4. The molecule has 0 radical (unpaired) electrons. The zero-order valence-corrected chi connectivity index (χ0v) is 15.9. The summed E-state index contributed by atoms with van der Waals surface area (Å²) in [5, 5.41) is 9.39. The minimum Gasteiger partial charge on any atom is -0.363 e. The van der Waals surface area contributed by atoms with Crippen molar-refractivity contribution in [2.75, 3.05) is 5.32 Å². The van der Waals surface area contributed by atoms with Crippen LogP contribution in [0, 0.1) is 25.5 Å². The van der Waals surface area contributed by atoms with Gasteiger partial charge in [-0.05, 0) is 37.1 Å². The summed E-state index contributed by atoms with van der Waals surface area (Å²) in [6.45, 7) is 4.20. The molecule has 0 unspecified atom stereocenters. The van der Waals surface area contributed by atoms with Gasteiger partial charge in [0.25, 0.3) is 0 Å². The molecule has 0 aliphatic rings. The summed E-state index contributed by atoms with van der Waals surface area (Å²) < 4.78 is 29.2. The van der Waals surface area contributed by atoms with Gasteiger partial charge in [0.15, 0.2) is 17.5 Å². The van der Waals surface area contributed by atoms with Crippen molar-refractivity contribution in [1.82, 2.24) is 14.8 Å². The van der Waals surface area contributed by atoms with Gasteiger partial charge in [-0.15, -0.1) is 11.3 Å². The Balaban J connectivity index is 1.77. The number of thiophene rings is 1. The van der Waals surface area contributed by atoms with Crippen LogP contribution in [-0.4, -0.2) is 14.8 Å². The number of nitrogens with zero attached hydrogens (tertiary/aromatic N) is 3. The third-order valence-corrected chi connectivity index (χ3v) is 6.02. The second kappa shape index (κ2) is 6.17. The van der Waals surface area contributed by atoms with Crippen molar-refractivity contribution in [1.29, 1.82) is 0 Å². The van der Waals surface area contributed by atoms with Gasteiger partial charge in [0, 0.05) is 19.0 Å². The van der Waals surface area contributed by atoms with Gasteiger partial charge in [-0.25, -0.2) is 13.8 Å². The molecular weight excluding hydrogens is 378 g/mol. The van der Waals surface area contributed by atoms with Crippen molar-refractivity contribution in [3.05, 3.63) is 51.7 Å². The molecule has 3 aromatic heterocycles. The molecule has 134 valence electrons. The Hall–Kier alpha value is -2.25. The second-order valence-corrected chi connectivity index (χ2v) is 7.55. The molecule has 4 nitrogen and oxygen atoms in total. The van der Waals surface area contributed by atoms with Gasteiger partial charge < -0.3 is 5.32 Å². The number of aromatic nitrogens is 3. The molecule has 0 spiro atoms. The van der Waals surface area contributed by atoms with E-state index in [1.165, 1.54) is 17.4 Å². The highest BCUT2D eigenvalue weighted by Gasteiger charge is 2.20. The third-order valence-electron chi connectivity index (χ3n) is 4.39. The normalized spacial score (nSPS) is 11.6. The lowest BCUT2D eigenvalue weighted by molar-refractivity contribution is 0.507. The molecule has 8 heteroatoms. The number of pyridine rings is 1. The van der Waals surface area contributed by atoms with Crippen LogP contribution in [0.3, 0.4) is 0 Å². The number of hydrogen-bond donors (Lipinski definition) is 1. The molecule has 0 amide bonds. The highest BCUT2D eigenvalue weighted by Crippen LogP contribution is 2.40. The number of hydrogen-bond acceptors (Lipinski definition) is 4. The summed E-state index contributed by atoms with van der Waals surface area (Å²) in [4.78, 5) is 5.50. The van der Waals surface area contributed by atoms with E-state index in [2.05, 4.69) is 15.4 Å². The maximum Gasteiger partial charge on any atom is 0.166 e. The van der Waals surface area contributed by atoms with Crippen LogP contribution in [0.2, 0.25) is 5.02 Å². The highest BCUT2D eigenvalue weighted by atomic mass is 35.5. The van der Waals surface area contributed by atoms with Gasteiger partial charge in [-0.1, -0.05) is 17.7 Å². The SMILES string of the molecule is Cc1nc2sc3c(NCc4ccc(F)c(F)c4)nn(C)c3c2c(C)c1Cl. The number of fused-ring (bicyclic) bond motifs is 3. The lowest BCUT2D eigenvalue weighted by Crippen LogP contribution is -2.02. The van der Waals surface area contributed by atoms with E-state index < -0.39 is 11.6 Å². The second-order valence-electron chi connectivity index (χ2n) is 6.17. The molecule has 4 rings (SSSR count). The van der Waals surface area contributed by atoms with E-state index in [-0.39, 0.29) is 0 Å². The summed E-state index contributed by atoms with van der Waals surface area (Å²) in [6, 6.07) is 3.85. The minimum absolute atomic E-state index is 0.337. The third kappa shape index (κ3) is 2.62. The van der Waals surface area contributed by atoms with Crippen LogP contribution in [-0.2, 0) is 13.6 Å². The van der Waals surface area contributed by atoms with E-state index in [0.717, 1.165) is 37.8 Å². The molecule has 0 bridgehead atoms. The molecule has 0 saturated carbocycles. The molecule has 1 aromatic carbocycles. The van der Waals surface area contributed by atoms with Crippen LogP contribution in [0.25, 0.3) is 20.4 Å². The Labute approximate surface area is 157 Å². The van der Waals surface area contributed by atoms with Crippen LogP contribution < -0.4 is 5.32 Å². The quantitative estimate of drug-likeness (QED) is 0.511. The fourth-order valence-corrected chi connectivity index (χ4v) is 4.48. The largest absolute Gasteiger partial charge is 0.363 e. The van der Waals surface area contributed by atoms with Crippen molar-refractivity contribution in [2.24, 2.45) is 7.05 Å². The Bertz CT molecular complexity index is 1170. The van der Waals surface area contributed by atoms with Crippen molar-refractivity contribution in [3.8, 4) is 0 Å². The monoisotopic (exact) mass is 392 g/mol. The van der Waals surface area contributed by atoms with Crippen LogP contribution in [0.1, 0.15) is 16.8 Å². The summed E-state index contributed by atoms with van der Waals surface area (Å²) >= 11 is 7.91.